The van der Waals surface area contributed by atoms with Crippen LogP contribution in [0.3, 0.4) is 0 Å². The zero-order valence-corrected chi connectivity index (χ0v) is 8.21. The van der Waals surface area contributed by atoms with E-state index in [9.17, 15) is 0 Å². The van der Waals surface area contributed by atoms with Crippen LogP contribution in [-0.4, -0.2) is 11.5 Å². The van der Waals surface area contributed by atoms with Crippen LogP contribution in [0.25, 0.3) is 10.2 Å². The molecule has 1 heterocycles. The Morgan fingerprint density at radius 2 is 2.23 bits per heavy atom. The van der Waals surface area contributed by atoms with Gasteiger partial charge in [0.2, 0.25) is 5.13 Å². The van der Waals surface area contributed by atoms with Gasteiger partial charge in [0.05, 0.1) is 10.2 Å². The average Bonchev–Trinajstić information content (AvgIpc) is 2.59. The molecule has 1 aromatic carbocycles. The first-order valence-electron chi connectivity index (χ1n) is 4.19. The minimum Gasteiger partial charge on any atom is -0.286 e. The predicted molar refractivity (Wildman–Crippen MR) is 56.8 cm³/mol. The molecule has 0 saturated heterocycles. The second kappa shape index (κ2) is 3.32. The van der Waals surface area contributed by atoms with E-state index in [0.717, 1.165) is 17.2 Å². The van der Waals surface area contributed by atoms with E-state index in [1.54, 1.807) is 16.3 Å². The van der Waals surface area contributed by atoms with E-state index in [4.69, 9.17) is 5.84 Å². The monoisotopic (exact) mass is 193 g/mol. The summed E-state index contributed by atoms with van der Waals surface area (Å²) < 4.78 is 1.18. The van der Waals surface area contributed by atoms with Gasteiger partial charge < -0.3 is 0 Å². The van der Waals surface area contributed by atoms with E-state index in [0.29, 0.717) is 0 Å². The molecular formula is C9H11N3S. The van der Waals surface area contributed by atoms with Crippen LogP contribution in [0.1, 0.15) is 6.92 Å². The molecule has 2 rings (SSSR count). The van der Waals surface area contributed by atoms with Crippen molar-refractivity contribution in [3.05, 3.63) is 24.3 Å². The van der Waals surface area contributed by atoms with Crippen molar-refractivity contribution < 1.29 is 0 Å². The van der Waals surface area contributed by atoms with E-state index in [1.165, 1.54) is 4.70 Å². The number of benzene rings is 1. The quantitative estimate of drug-likeness (QED) is 0.586. The number of nitrogens with zero attached hydrogens (tertiary/aromatic N) is 2. The lowest BCUT2D eigenvalue weighted by Gasteiger charge is -2.10. The summed E-state index contributed by atoms with van der Waals surface area (Å²) in [7, 11) is 0. The molecule has 2 N–H and O–H groups in total. The van der Waals surface area contributed by atoms with Crippen molar-refractivity contribution in [2.45, 2.75) is 6.92 Å². The van der Waals surface area contributed by atoms with Crippen molar-refractivity contribution in [1.82, 2.24) is 4.98 Å². The molecular weight excluding hydrogens is 182 g/mol. The van der Waals surface area contributed by atoms with Gasteiger partial charge in [0.15, 0.2) is 0 Å². The largest absolute Gasteiger partial charge is 0.286 e. The third-order valence-corrected chi connectivity index (χ3v) is 2.94. The summed E-state index contributed by atoms with van der Waals surface area (Å²) in [5, 5.41) is 2.54. The highest BCUT2D eigenvalue weighted by Gasteiger charge is 2.05. The zero-order valence-electron chi connectivity index (χ0n) is 7.40. The Hall–Kier alpha value is -1.13. The number of hydrogen-bond acceptors (Lipinski definition) is 4. The van der Waals surface area contributed by atoms with E-state index >= 15 is 0 Å². The first-order chi connectivity index (χ1) is 6.31. The van der Waals surface area contributed by atoms with Crippen LogP contribution in [0, 0.1) is 0 Å². The van der Waals surface area contributed by atoms with Crippen molar-refractivity contribution in [3.63, 3.8) is 0 Å². The van der Waals surface area contributed by atoms with E-state index in [-0.39, 0.29) is 0 Å². The summed E-state index contributed by atoms with van der Waals surface area (Å²) in [5.74, 6) is 5.74. The number of nitrogens with two attached hydrogens (primary N) is 1. The van der Waals surface area contributed by atoms with Gasteiger partial charge in [-0.1, -0.05) is 23.5 Å². The molecule has 68 valence electrons. The molecule has 2 aromatic rings. The lowest BCUT2D eigenvalue weighted by Crippen LogP contribution is -2.29. The summed E-state index contributed by atoms with van der Waals surface area (Å²) in [6.07, 6.45) is 0. The number of fused-ring (bicyclic) bond motifs is 1. The molecule has 4 heteroatoms. The molecule has 13 heavy (non-hydrogen) atoms. The Labute approximate surface area is 80.8 Å². The van der Waals surface area contributed by atoms with Gasteiger partial charge in [-0.15, -0.1) is 0 Å². The lowest BCUT2D eigenvalue weighted by atomic mass is 10.3. The molecule has 1 aromatic heterocycles. The summed E-state index contributed by atoms with van der Waals surface area (Å²) in [5.41, 5.74) is 1.02. The third kappa shape index (κ3) is 1.50. The Morgan fingerprint density at radius 3 is 2.92 bits per heavy atom. The Balaban J connectivity index is 2.49. The zero-order chi connectivity index (χ0) is 9.26. The van der Waals surface area contributed by atoms with Crippen LogP contribution in [0.2, 0.25) is 0 Å². The second-order valence-electron chi connectivity index (χ2n) is 2.75. The molecule has 0 saturated carbocycles. The van der Waals surface area contributed by atoms with Gasteiger partial charge >= 0.3 is 0 Å². The number of rotatable bonds is 2. The van der Waals surface area contributed by atoms with Crippen molar-refractivity contribution in [1.29, 1.82) is 0 Å². The van der Waals surface area contributed by atoms with E-state index in [2.05, 4.69) is 11.1 Å². The fourth-order valence-corrected chi connectivity index (χ4v) is 2.07. The van der Waals surface area contributed by atoms with Crippen LogP contribution in [0.4, 0.5) is 5.13 Å². The molecule has 0 bridgehead atoms. The molecule has 0 aliphatic rings. The van der Waals surface area contributed by atoms with Gasteiger partial charge in [0, 0.05) is 6.54 Å². The molecule has 0 radical (unpaired) electrons. The summed E-state index contributed by atoms with van der Waals surface area (Å²) in [6.45, 7) is 2.78. The molecule has 0 amide bonds. The fourth-order valence-electron chi connectivity index (χ4n) is 1.12. The van der Waals surface area contributed by atoms with Crippen LogP contribution in [0.5, 0.6) is 0 Å². The maximum atomic E-state index is 5.74. The molecule has 0 fully saturated rings. The number of para-hydroxylation sites is 1. The Bertz CT molecular complexity index is 377. The molecule has 0 atom stereocenters. The number of hydrazine groups is 1. The van der Waals surface area contributed by atoms with E-state index < -0.39 is 0 Å². The normalized spacial score (nSPS) is 10.6. The summed E-state index contributed by atoms with van der Waals surface area (Å²) >= 11 is 1.62. The molecule has 0 aliphatic heterocycles. The Kier molecular flexibility index (Phi) is 2.16. The number of hydrogen-bond donors (Lipinski definition) is 1. The first-order valence-corrected chi connectivity index (χ1v) is 5.00. The van der Waals surface area contributed by atoms with Crippen molar-refractivity contribution in [2.24, 2.45) is 5.84 Å². The second-order valence-corrected chi connectivity index (χ2v) is 3.76. The maximum absolute atomic E-state index is 5.74. The van der Waals surface area contributed by atoms with Crippen molar-refractivity contribution in [3.8, 4) is 0 Å². The molecule has 0 spiro atoms. The average molecular weight is 193 g/mol. The third-order valence-electron chi connectivity index (χ3n) is 1.87. The minimum absolute atomic E-state index is 0.778. The van der Waals surface area contributed by atoms with Gasteiger partial charge in [0.25, 0.3) is 0 Å². The van der Waals surface area contributed by atoms with Crippen LogP contribution in [0.15, 0.2) is 24.3 Å². The Morgan fingerprint density at radius 1 is 1.46 bits per heavy atom. The maximum Gasteiger partial charge on any atom is 0.200 e. The standard InChI is InChI=1S/C9H11N3S/c1-2-12(10)9-11-7-5-3-4-6-8(7)13-9/h3-6H,2,10H2,1H3. The van der Waals surface area contributed by atoms with Gasteiger partial charge in [-0.2, -0.15) is 0 Å². The highest BCUT2D eigenvalue weighted by Crippen LogP contribution is 2.26. The van der Waals surface area contributed by atoms with Gasteiger partial charge in [0.1, 0.15) is 0 Å². The smallest absolute Gasteiger partial charge is 0.200 e. The fraction of sp³-hybridized carbons (Fsp3) is 0.222. The van der Waals surface area contributed by atoms with Crippen molar-refractivity contribution in [2.75, 3.05) is 11.6 Å². The van der Waals surface area contributed by atoms with Crippen LogP contribution >= 0.6 is 11.3 Å². The highest BCUT2D eigenvalue weighted by molar-refractivity contribution is 7.22. The number of thiazole rings is 1. The lowest BCUT2D eigenvalue weighted by molar-refractivity contribution is 0.887. The van der Waals surface area contributed by atoms with E-state index in [1.807, 2.05) is 25.1 Å². The first kappa shape index (κ1) is 8.47. The summed E-state index contributed by atoms with van der Waals surface area (Å²) in [6, 6.07) is 8.05. The summed E-state index contributed by atoms with van der Waals surface area (Å²) in [4.78, 5) is 4.40. The van der Waals surface area contributed by atoms with Gasteiger partial charge in [-0.05, 0) is 19.1 Å². The highest BCUT2D eigenvalue weighted by atomic mass is 32.1. The molecule has 0 unspecified atom stereocenters. The molecule has 3 nitrogen and oxygen atoms in total. The molecule has 0 aliphatic carbocycles. The number of aromatic nitrogens is 1. The van der Waals surface area contributed by atoms with Gasteiger partial charge in [-0.3, -0.25) is 5.01 Å². The van der Waals surface area contributed by atoms with Crippen LogP contribution in [-0.2, 0) is 0 Å². The SMILES string of the molecule is CCN(N)c1nc2ccccc2s1. The van der Waals surface area contributed by atoms with Crippen LogP contribution < -0.4 is 10.9 Å². The van der Waals surface area contributed by atoms with Crippen molar-refractivity contribution >= 4 is 26.7 Å². The number of anilines is 1. The predicted octanol–water partition coefficient (Wildman–Crippen LogP) is 2.00. The van der Waals surface area contributed by atoms with Gasteiger partial charge in [-0.25, -0.2) is 10.8 Å². The minimum atomic E-state index is 0.778. The topological polar surface area (TPSA) is 42.1 Å².